The second-order valence-corrected chi connectivity index (χ2v) is 6.84. The summed E-state index contributed by atoms with van der Waals surface area (Å²) in [4.78, 5) is 11.7. The maximum atomic E-state index is 11.7. The van der Waals surface area contributed by atoms with Gasteiger partial charge in [-0.15, -0.1) is 0 Å². The van der Waals surface area contributed by atoms with E-state index in [0.717, 1.165) is 5.56 Å². The molecule has 0 bridgehead atoms. The van der Waals surface area contributed by atoms with Crippen LogP contribution in [-0.4, -0.2) is 89.1 Å². The zero-order valence-electron chi connectivity index (χ0n) is 16.7. The molecule has 1 aromatic rings. The van der Waals surface area contributed by atoms with E-state index in [1.807, 2.05) is 0 Å². The number of methoxy groups -OCH3 is 1. The van der Waals surface area contributed by atoms with Gasteiger partial charge in [0.1, 0.15) is 31.0 Å². The average Bonchev–Trinajstić information content (AvgIpc) is 2.76. The third-order valence-electron chi connectivity index (χ3n) is 4.58. The Hall–Kier alpha value is -2.21. The molecule has 0 spiro atoms. The minimum absolute atomic E-state index is 0.119. The summed E-state index contributed by atoms with van der Waals surface area (Å²) in [6, 6.07) is 4.87. The van der Waals surface area contributed by atoms with E-state index in [1.165, 1.54) is 14.0 Å². The minimum atomic E-state index is -1.61. The Balaban J connectivity index is 2.12. The Morgan fingerprint density at radius 1 is 1.17 bits per heavy atom. The molecule has 0 saturated carbocycles. The SMILES string of the molecule is COc1cc(C=CCO)ccc1O[C@@H]1O[C@H](COC(=O)[C@H](C)CO)[C@@H](O)[C@H](O)[C@H]1O. The van der Waals surface area contributed by atoms with Gasteiger partial charge in [-0.3, -0.25) is 4.79 Å². The summed E-state index contributed by atoms with van der Waals surface area (Å²) >= 11 is 0. The summed E-state index contributed by atoms with van der Waals surface area (Å²) in [5.41, 5.74) is 0.733. The normalized spacial score (nSPS) is 27.6. The average molecular weight is 428 g/mol. The Bertz CT molecular complexity index is 722. The Morgan fingerprint density at radius 3 is 2.53 bits per heavy atom. The van der Waals surface area contributed by atoms with Gasteiger partial charge in [-0.2, -0.15) is 0 Å². The molecule has 1 aliphatic heterocycles. The molecule has 6 atom stereocenters. The number of aliphatic hydroxyl groups is 5. The fourth-order valence-corrected chi connectivity index (χ4v) is 2.73. The lowest BCUT2D eigenvalue weighted by Gasteiger charge is -2.40. The predicted molar refractivity (Wildman–Crippen MR) is 104 cm³/mol. The molecule has 0 unspecified atom stereocenters. The van der Waals surface area contributed by atoms with Gasteiger partial charge in [0.05, 0.1) is 26.2 Å². The Morgan fingerprint density at radius 2 is 1.90 bits per heavy atom. The maximum absolute atomic E-state index is 11.7. The van der Waals surface area contributed by atoms with E-state index >= 15 is 0 Å². The van der Waals surface area contributed by atoms with Crippen LogP contribution in [0, 0.1) is 5.92 Å². The first-order valence-electron chi connectivity index (χ1n) is 9.41. The highest BCUT2D eigenvalue weighted by molar-refractivity contribution is 5.72. The van der Waals surface area contributed by atoms with E-state index in [9.17, 15) is 20.1 Å². The molecule has 10 nitrogen and oxygen atoms in total. The van der Waals surface area contributed by atoms with Crippen LogP contribution < -0.4 is 9.47 Å². The van der Waals surface area contributed by atoms with Crippen molar-refractivity contribution in [1.82, 2.24) is 0 Å². The topological polar surface area (TPSA) is 155 Å². The van der Waals surface area contributed by atoms with Crippen molar-refractivity contribution in [2.75, 3.05) is 26.9 Å². The summed E-state index contributed by atoms with van der Waals surface area (Å²) in [6.07, 6.45) is -4.04. The first-order chi connectivity index (χ1) is 14.3. The summed E-state index contributed by atoms with van der Waals surface area (Å²) in [7, 11) is 1.42. The summed E-state index contributed by atoms with van der Waals surface area (Å²) in [5.74, 6) is -0.933. The van der Waals surface area contributed by atoms with Crippen molar-refractivity contribution in [3.05, 3.63) is 29.8 Å². The van der Waals surface area contributed by atoms with Crippen molar-refractivity contribution in [2.24, 2.45) is 5.92 Å². The van der Waals surface area contributed by atoms with Gasteiger partial charge in [0.2, 0.25) is 6.29 Å². The first kappa shape index (κ1) is 24.1. The molecule has 30 heavy (non-hydrogen) atoms. The molecule has 0 aromatic heterocycles. The van der Waals surface area contributed by atoms with E-state index in [-0.39, 0.29) is 12.4 Å². The van der Waals surface area contributed by atoms with Gasteiger partial charge in [-0.05, 0) is 24.6 Å². The van der Waals surface area contributed by atoms with Crippen LogP contribution >= 0.6 is 0 Å². The third-order valence-corrected chi connectivity index (χ3v) is 4.58. The molecule has 168 valence electrons. The predicted octanol–water partition coefficient (Wildman–Crippen LogP) is -0.941. The molecule has 10 heteroatoms. The number of benzene rings is 1. The molecule has 2 rings (SSSR count). The number of rotatable bonds is 9. The zero-order valence-corrected chi connectivity index (χ0v) is 16.7. The van der Waals surface area contributed by atoms with Crippen LogP contribution in [0.1, 0.15) is 12.5 Å². The van der Waals surface area contributed by atoms with Crippen LogP contribution in [0.4, 0.5) is 0 Å². The fourth-order valence-electron chi connectivity index (χ4n) is 2.73. The van der Waals surface area contributed by atoms with Crippen molar-refractivity contribution < 1.29 is 49.3 Å². The quantitative estimate of drug-likeness (QED) is 0.311. The molecule has 1 heterocycles. The number of esters is 1. The Kier molecular flexibility index (Phi) is 9.03. The number of aliphatic hydroxyl groups excluding tert-OH is 5. The molecule has 1 fully saturated rings. The van der Waals surface area contributed by atoms with Crippen molar-refractivity contribution in [1.29, 1.82) is 0 Å². The van der Waals surface area contributed by atoms with E-state index in [2.05, 4.69) is 0 Å². The highest BCUT2D eigenvalue weighted by Gasteiger charge is 2.45. The number of ether oxygens (including phenoxy) is 4. The lowest BCUT2D eigenvalue weighted by Crippen LogP contribution is -2.60. The van der Waals surface area contributed by atoms with Crippen LogP contribution in [0.15, 0.2) is 24.3 Å². The van der Waals surface area contributed by atoms with E-state index in [0.29, 0.717) is 5.75 Å². The third kappa shape index (κ3) is 5.91. The Labute approximate surface area is 173 Å². The van der Waals surface area contributed by atoms with Crippen molar-refractivity contribution in [3.63, 3.8) is 0 Å². The molecule has 0 amide bonds. The van der Waals surface area contributed by atoms with Gasteiger partial charge >= 0.3 is 5.97 Å². The molecular weight excluding hydrogens is 400 g/mol. The van der Waals surface area contributed by atoms with E-state index < -0.39 is 55.8 Å². The van der Waals surface area contributed by atoms with Gasteiger partial charge < -0.3 is 44.5 Å². The van der Waals surface area contributed by atoms with Crippen LogP contribution in [-0.2, 0) is 14.3 Å². The zero-order chi connectivity index (χ0) is 22.3. The van der Waals surface area contributed by atoms with Crippen LogP contribution in [0.2, 0.25) is 0 Å². The second kappa shape index (κ2) is 11.3. The maximum Gasteiger partial charge on any atom is 0.311 e. The number of carbonyl (C=O) groups excluding carboxylic acids is 1. The monoisotopic (exact) mass is 428 g/mol. The molecule has 1 saturated heterocycles. The summed E-state index contributed by atoms with van der Waals surface area (Å²) < 4.78 is 21.4. The van der Waals surface area contributed by atoms with Crippen LogP contribution in [0.5, 0.6) is 11.5 Å². The van der Waals surface area contributed by atoms with Crippen LogP contribution in [0.3, 0.4) is 0 Å². The van der Waals surface area contributed by atoms with Crippen molar-refractivity contribution in [2.45, 2.75) is 37.6 Å². The highest BCUT2D eigenvalue weighted by atomic mass is 16.7. The van der Waals surface area contributed by atoms with Crippen LogP contribution in [0.25, 0.3) is 6.08 Å². The van der Waals surface area contributed by atoms with Gasteiger partial charge in [0, 0.05) is 0 Å². The lowest BCUT2D eigenvalue weighted by molar-refractivity contribution is -0.279. The van der Waals surface area contributed by atoms with Gasteiger partial charge in [-0.1, -0.05) is 18.2 Å². The standard InChI is InChI=1S/C20H28O10/c1-11(9-22)19(26)28-10-15-16(23)17(24)18(25)20(30-15)29-13-6-5-12(4-3-7-21)8-14(13)27-2/h3-6,8,11,15-18,20-25H,7,9-10H2,1-2H3/t11-,15-,16-,17+,18-,20-/m1/s1. The van der Waals surface area contributed by atoms with Gasteiger partial charge in [0.15, 0.2) is 11.5 Å². The summed E-state index contributed by atoms with van der Waals surface area (Å²) in [6.45, 7) is 0.544. The van der Waals surface area contributed by atoms with Crippen molar-refractivity contribution in [3.8, 4) is 11.5 Å². The molecule has 1 aliphatic rings. The molecular formula is C20H28O10. The molecule has 5 N–H and O–H groups in total. The van der Waals surface area contributed by atoms with E-state index in [4.69, 9.17) is 29.2 Å². The van der Waals surface area contributed by atoms with Gasteiger partial charge in [-0.25, -0.2) is 0 Å². The van der Waals surface area contributed by atoms with Gasteiger partial charge in [0.25, 0.3) is 0 Å². The minimum Gasteiger partial charge on any atom is -0.493 e. The highest BCUT2D eigenvalue weighted by Crippen LogP contribution is 2.32. The number of hydrogen-bond donors (Lipinski definition) is 5. The second-order valence-electron chi connectivity index (χ2n) is 6.84. The number of hydrogen-bond acceptors (Lipinski definition) is 10. The first-order valence-corrected chi connectivity index (χ1v) is 9.41. The largest absolute Gasteiger partial charge is 0.493 e. The smallest absolute Gasteiger partial charge is 0.311 e. The van der Waals surface area contributed by atoms with Crippen molar-refractivity contribution >= 4 is 12.0 Å². The molecule has 1 aromatic carbocycles. The van der Waals surface area contributed by atoms with E-state index in [1.54, 1.807) is 30.4 Å². The molecule has 0 radical (unpaired) electrons. The fraction of sp³-hybridized carbons (Fsp3) is 0.550. The lowest BCUT2D eigenvalue weighted by atomic mass is 9.99. The number of carbonyl (C=O) groups is 1. The summed E-state index contributed by atoms with van der Waals surface area (Å²) in [5, 5.41) is 48.4. The molecule has 0 aliphatic carbocycles.